The zero-order valence-corrected chi connectivity index (χ0v) is 7.53. The molecule has 1 heterocycles. The molecule has 0 unspecified atom stereocenters. The number of carbonyl (C=O) groups is 1. The number of benzene rings is 1. The maximum atomic E-state index is 10.5. The lowest BCUT2D eigenvalue weighted by atomic mass is 9.96. The summed E-state index contributed by atoms with van der Waals surface area (Å²) in [7, 11) is 0. The molecule has 0 fully saturated rings. The molecule has 1 aliphatic rings. The average Bonchev–Trinajstić information content (AvgIpc) is 2.19. The molecule has 0 spiro atoms. The zero-order valence-electron chi connectivity index (χ0n) is 7.53. The first kappa shape index (κ1) is 9.02. The molecule has 0 saturated heterocycles. The molecule has 1 aromatic rings. The Bertz CT molecular complexity index is 376. The van der Waals surface area contributed by atoms with Crippen molar-refractivity contribution in [3.8, 4) is 11.5 Å². The summed E-state index contributed by atoms with van der Waals surface area (Å²) >= 11 is 0. The van der Waals surface area contributed by atoms with E-state index in [1.165, 1.54) is 12.1 Å². The second kappa shape index (κ2) is 3.31. The fourth-order valence-corrected chi connectivity index (χ4v) is 1.66. The van der Waals surface area contributed by atoms with E-state index in [2.05, 4.69) is 5.32 Å². The SMILES string of the molecule is O=C[C@@H]1Cc2cc(O)c(O)cc2CN1. The van der Waals surface area contributed by atoms with E-state index in [4.69, 9.17) is 0 Å². The van der Waals surface area contributed by atoms with E-state index in [1.54, 1.807) is 0 Å². The van der Waals surface area contributed by atoms with Crippen molar-refractivity contribution in [3.63, 3.8) is 0 Å². The van der Waals surface area contributed by atoms with Crippen LogP contribution in [0.2, 0.25) is 0 Å². The van der Waals surface area contributed by atoms with Crippen LogP contribution >= 0.6 is 0 Å². The quantitative estimate of drug-likeness (QED) is 0.443. The molecule has 0 aromatic heterocycles. The van der Waals surface area contributed by atoms with Gasteiger partial charge in [-0.1, -0.05) is 0 Å². The van der Waals surface area contributed by atoms with Crippen LogP contribution < -0.4 is 5.32 Å². The van der Waals surface area contributed by atoms with Gasteiger partial charge in [-0.25, -0.2) is 0 Å². The van der Waals surface area contributed by atoms with Gasteiger partial charge in [0.1, 0.15) is 6.29 Å². The summed E-state index contributed by atoms with van der Waals surface area (Å²) in [5.41, 5.74) is 1.84. The van der Waals surface area contributed by atoms with Crippen molar-refractivity contribution in [1.29, 1.82) is 0 Å². The Hall–Kier alpha value is -1.55. The Morgan fingerprint density at radius 2 is 1.93 bits per heavy atom. The molecule has 4 nitrogen and oxygen atoms in total. The van der Waals surface area contributed by atoms with Gasteiger partial charge in [0.2, 0.25) is 0 Å². The minimum atomic E-state index is -0.188. The second-order valence-corrected chi connectivity index (χ2v) is 3.44. The second-order valence-electron chi connectivity index (χ2n) is 3.44. The third kappa shape index (κ3) is 1.44. The molecule has 0 radical (unpaired) electrons. The first-order valence-corrected chi connectivity index (χ1v) is 4.43. The largest absolute Gasteiger partial charge is 0.504 e. The summed E-state index contributed by atoms with van der Waals surface area (Å²) in [5.74, 6) is -0.245. The Morgan fingerprint density at radius 3 is 2.57 bits per heavy atom. The third-order valence-corrected chi connectivity index (χ3v) is 2.46. The molecule has 14 heavy (non-hydrogen) atoms. The van der Waals surface area contributed by atoms with Gasteiger partial charge in [-0.3, -0.25) is 0 Å². The molecule has 1 aromatic carbocycles. The first-order chi connectivity index (χ1) is 6.70. The molecular weight excluding hydrogens is 182 g/mol. The molecule has 74 valence electrons. The van der Waals surface area contributed by atoms with Gasteiger partial charge >= 0.3 is 0 Å². The lowest BCUT2D eigenvalue weighted by molar-refractivity contribution is -0.109. The van der Waals surface area contributed by atoms with E-state index in [9.17, 15) is 15.0 Å². The molecule has 1 atom stereocenters. The number of aldehydes is 1. The highest BCUT2D eigenvalue weighted by atomic mass is 16.3. The average molecular weight is 193 g/mol. The van der Waals surface area contributed by atoms with Crippen molar-refractivity contribution in [2.24, 2.45) is 0 Å². The number of fused-ring (bicyclic) bond motifs is 1. The Kier molecular flexibility index (Phi) is 2.13. The first-order valence-electron chi connectivity index (χ1n) is 4.43. The predicted molar refractivity (Wildman–Crippen MR) is 50.2 cm³/mol. The van der Waals surface area contributed by atoms with Gasteiger partial charge in [0.05, 0.1) is 6.04 Å². The Morgan fingerprint density at radius 1 is 1.29 bits per heavy atom. The number of phenolic OH excluding ortho intramolecular Hbond substituents is 2. The van der Waals surface area contributed by atoms with Gasteiger partial charge in [0.25, 0.3) is 0 Å². The number of phenols is 2. The van der Waals surface area contributed by atoms with E-state index in [1.807, 2.05) is 0 Å². The summed E-state index contributed by atoms with van der Waals surface area (Å²) in [5, 5.41) is 21.5. The third-order valence-electron chi connectivity index (χ3n) is 2.46. The molecule has 0 bridgehead atoms. The fourth-order valence-electron chi connectivity index (χ4n) is 1.66. The highest BCUT2D eigenvalue weighted by molar-refractivity contribution is 5.60. The van der Waals surface area contributed by atoms with Crippen molar-refractivity contribution in [2.45, 2.75) is 19.0 Å². The number of carbonyl (C=O) groups excluding carboxylic acids is 1. The van der Waals surface area contributed by atoms with Gasteiger partial charge in [-0.2, -0.15) is 0 Å². The summed E-state index contributed by atoms with van der Waals surface area (Å²) in [6, 6.07) is 2.85. The molecule has 0 saturated carbocycles. The number of nitrogens with one attached hydrogen (secondary N) is 1. The monoisotopic (exact) mass is 193 g/mol. The normalized spacial score (nSPS) is 20.1. The lowest BCUT2D eigenvalue weighted by Gasteiger charge is -2.22. The van der Waals surface area contributed by atoms with Gasteiger partial charge in [0.15, 0.2) is 11.5 Å². The van der Waals surface area contributed by atoms with Crippen LogP contribution in [0.5, 0.6) is 11.5 Å². The van der Waals surface area contributed by atoms with Crippen molar-refractivity contribution < 1.29 is 15.0 Å². The van der Waals surface area contributed by atoms with Crippen LogP contribution in [0.15, 0.2) is 12.1 Å². The fraction of sp³-hybridized carbons (Fsp3) is 0.300. The molecule has 4 heteroatoms. The van der Waals surface area contributed by atoms with Crippen LogP contribution in [0.1, 0.15) is 11.1 Å². The van der Waals surface area contributed by atoms with Crippen molar-refractivity contribution in [1.82, 2.24) is 5.32 Å². The van der Waals surface area contributed by atoms with Crippen LogP contribution in [0, 0.1) is 0 Å². The summed E-state index contributed by atoms with van der Waals surface area (Å²) in [6.07, 6.45) is 1.42. The number of hydrogen-bond acceptors (Lipinski definition) is 4. The summed E-state index contributed by atoms with van der Waals surface area (Å²) < 4.78 is 0. The number of aromatic hydroxyl groups is 2. The van der Waals surface area contributed by atoms with Crippen molar-refractivity contribution in [3.05, 3.63) is 23.3 Å². The molecular formula is C10H11NO3. The molecule has 3 N–H and O–H groups in total. The summed E-state index contributed by atoms with van der Waals surface area (Å²) in [4.78, 5) is 10.5. The highest BCUT2D eigenvalue weighted by Gasteiger charge is 2.18. The van der Waals surface area contributed by atoms with Crippen LogP contribution in [0.4, 0.5) is 0 Å². The molecule has 0 aliphatic carbocycles. The standard InChI is InChI=1S/C10H11NO3/c12-5-8-1-6-2-9(13)10(14)3-7(6)4-11-8/h2-3,5,8,11,13-14H,1,4H2/t8-/m0/s1. The molecule has 2 rings (SSSR count). The maximum Gasteiger partial charge on any atom is 0.157 e. The predicted octanol–water partition coefficient (Wildman–Crippen LogP) is 0.311. The van der Waals surface area contributed by atoms with Crippen molar-refractivity contribution >= 4 is 6.29 Å². The van der Waals surface area contributed by atoms with Gasteiger partial charge in [-0.05, 0) is 29.7 Å². The van der Waals surface area contributed by atoms with Gasteiger partial charge in [0, 0.05) is 6.54 Å². The van der Waals surface area contributed by atoms with Gasteiger partial charge in [-0.15, -0.1) is 0 Å². The van der Waals surface area contributed by atoms with E-state index >= 15 is 0 Å². The van der Waals surface area contributed by atoms with E-state index in [-0.39, 0.29) is 17.5 Å². The smallest absolute Gasteiger partial charge is 0.157 e. The topological polar surface area (TPSA) is 69.6 Å². The Balaban J connectivity index is 2.38. The number of hydrogen-bond donors (Lipinski definition) is 3. The van der Waals surface area contributed by atoms with Crippen molar-refractivity contribution in [2.75, 3.05) is 0 Å². The zero-order chi connectivity index (χ0) is 10.1. The maximum absolute atomic E-state index is 10.5. The minimum absolute atomic E-state index is 0.116. The molecule has 1 aliphatic heterocycles. The van der Waals surface area contributed by atoms with Crippen LogP contribution in [0.25, 0.3) is 0 Å². The van der Waals surface area contributed by atoms with E-state index < -0.39 is 0 Å². The molecule has 0 amide bonds. The van der Waals surface area contributed by atoms with Gasteiger partial charge < -0.3 is 20.3 Å². The lowest BCUT2D eigenvalue weighted by Crippen LogP contribution is -2.36. The van der Waals surface area contributed by atoms with Crippen LogP contribution in [-0.4, -0.2) is 22.5 Å². The van der Waals surface area contributed by atoms with Crippen LogP contribution in [-0.2, 0) is 17.8 Å². The number of rotatable bonds is 1. The Labute approximate surface area is 81.2 Å². The minimum Gasteiger partial charge on any atom is -0.504 e. The van der Waals surface area contributed by atoms with E-state index in [0.29, 0.717) is 13.0 Å². The van der Waals surface area contributed by atoms with E-state index in [0.717, 1.165) is 17.4 Å². The highest BCUT2D eigenvalue weighted by Crippen LogP contribution is 2.30. The summed E-state index contributed by atoms with van der Waals surface area (Å²) in [6.45, 7) is 0.548. The van der Waals surface area contributed by atoms with Crippen LogP contribution in [0.3, 0.4) is 0 Å².